The molecular weight excluding hydrogens is 492 g/mol. The van der Waals surface area contributed by atoms with E-state index in [0.717, 1.165) is 5.56 Å². The van der Waals surface area contributed by atoms with Crippen LogP contribution >= 0.6 is 11.6 Å². The van der Waals surface area contributed by atoms with Gasteiger partial charge in [0.1, 0.15) is 0 Å². The third-order valence-electron chi connectivity index (χ3n) is 4.72. The molecule has 184 valence electrons. The van der Waals surface area contributed by atoms with Crippen molar-refractivity contribution in [3.63, 3.8) is 0 Å². The predicted molar refractivity (Wildman–Crippen MR) is 132 cm³/mol. The van der Waals surface area contributed by atoms with Crippen molar-refractivity contribution in [3.05, 3.63) is 92.5 Å². The molecule has 3 aromatic rings. The molecule has 12 heteroatoms. The van der Waals surface area contributed by atoms with Crippen molar-refractivity contribution < 1.29 is 28.8 Å². The number of anilines is 1. The highest BCUT2D eigenvalue weighted by atomic mass is 35.5. The average Bonchev–Trinajstić information content (AvgIpc) is 2.86. The molecule has 0 aliphatic carbocycles. The van der Waals surface area contributed by atoms with Crippen LogP contribution in [-0.4, -0.2) is 36.0 Å². The zero-order valence-electron chi connectivity index (χ0n) is 19.0. The molecule has 0 aromatic heterocycles. The summed E-state index contributed by atoms with van der Waals surface area (Å²) in [5, 5.41) is 17.3. The molecule has 3 aromatic carbocycles. The van der Waals surface area contributed by atoms with Crippen LogP contribution in [0.4, 0.5) is 11.4 Å². The van der Waals surface area contributed by atoms with Gasteiger partial charge in [-0.3, -0.25) is 19.7 Å². The monoisotopic (exact) mass is 510 g/mol. The Balaban J connectivity index is 1.60. The third-order valence-corrected chi connectivity index (χ3v) is 5.13. The second kappa shape index (κ2) is 11.6. The summed E-state index contributed by atoms with van der Waals surface area (Å²) in [4.78, 5) is 46.5. The molecular formula is C24H19ClN4O7. The van der Waals surface area contributed by atoms with E-state index in [4.69, 9.17) is 21.1 Å². The molecule has 2 N–H and O–H groups in total. The van der Waals surface area contributed by atoms with E-state index in [1.54, 1.807) is 19.1 Å². The van der Waals surface area contributed by atoms with Gasteiger partial charge in [-0.1, -0.05) is 17.7 Å². The highest BCUT2D eigenvalue weighted by Crippen LogP contribution is 2.28. The maximum absolute atomic E-state index is 12.4. The van der Waals surface area contributed by atoms with Crippen molar-refractivity contribution in [2.24, 2.45) is 5.10 Å². The predicted octanol–water partition coefficient (Wildman–Crippen LogP) is 3.87. The fourth-order valence-electron chi connectivity index (χ4n) is 2.80. The lowest BCUT2D eigenvalue weighted by Gasteiger charge is -2.10. The highest BCUT2D eigenvalue weighted by molar-refractivity contribution is 6.39. The Morgan fingerprint density at radius 3 is 2.36 bits per heavy atom. The molecule has 0 heterocycles. The Kier molecular flexibility index (Phi) is 8.31. The number of halogens is 1. The minimum Gasteiger partial charge on any atom is -0.493 e. The first-order chi connectivity index (χ1) is 17.2. The smallest absolute Gasteiger partial charge is 0.343 e. The Bertz CT molecular complexity index is 1360. The molecule has 0 atom stereocenters. The molecule has 0 saturated carbocycles. The molecule has 0 aliphatic rings. The van der Waals surface area contributed by atoms with Crippen molar-refractivity contribution >= 4 is 47.0 Å². The first-order valence-corrected chi connectivity index (χ1v) is 10.6. The number of esters is 1. The SMILES string of the molecule is COc1cc(/C=N/NC(=O)C(=O)Nc2ccc(C)c(Cl)c2)ccc1OC(=O)c1ccc([N+](=O)[O-])cc1. The van der Waals surface area contributed by atoms with Gasteiger partial charge in [-0.05, 0) is 60.5 Å². The molecule has 3 rings (SSSR count). The maximum Gasteiger partial charge on any atom is 0.343 e. The second-order valence-corrected chi connectivity index (χ2v) is 7.63. The lowest BCUT2D eigenvalue weighted by molar-refractivity contribution is -0.384. The van der Waals surface area contributed by atoms with Crippen LogP contribution in [0.1, 0.15) is 21.5 Å². The molecule has 11 nitrogen and oxygen atoms in total. The van der Waals surface area contributed by atoms with Crippen molar-refractivity contribution in [3.8, 4) is 11.5 Å². The second-order valence-electron chi connectivity index (χ2n) is 7.22. The summed E-state index contributed by atoms with van der Waals surface area (Å²) in [6.07, 6.45) is 1.26. The molecule has 0 bridgehead atoms. The van der Waals surface area contributed by atoms with E-state index in [-0.39, 0.29) is 22.7 Å². The minimum atomic E-state index is -0.997. The summed E-state index contributed by atoms with van der Waals surface area (Å²) in [5.41, 5.74) is 3.71. The van der Waals surface area contributed by atoms with E-state index in [1.165, 1.54) is 61.9 Å². The van der Waals surface area contributed by atoms with Crippen LogP contribution in [0, 0.1) is 17.0 Å². The summed E-state index contributed by atoms with van der Waals surface area (Å²) in [5.74, 6) is -2.38. The maximum atomic E-state index is 12.4. The topological polar surface area (TPSA) is 149 Å². The largest absolute Gasteiger partial charge is 0.493 e. The van der Waals surface area contributed by atoms with E-state index < -0.39 is 22.7 Å². The summed E-state index contributed by atoms with van der Waals surface area (Å²) in [6.45, 7) is 1.81. The normalized spacial score (nSPS) is 10.5. The molecule has 0 saturated heterocycles. The molecule has 2 amide bonds. The van der Waals surface area contributed by atoms with Crippen molar-refractivity contribution in [1.29, 1.82) is 0 Å². The van der Waals surface area contributed by atoms with Crippen LogP contribution in [0.3, 0.4) is 0 Å². The molecule has 0 aliphatic heterocycles. The fraction of sp³-hybridized carbons (Fsp3) is 0.0833. The quantitative estimate of drug-likeness (QED) is 0.122. The van der Waals surface area contributed by atoms with Crippen molar-refractivity contribution in [2.75, 3.05) is 12.4 Å². The number of carbonyl (C=O) groups is 3. The Labute approximate surface area is 209 Å². The van der Waals surface area contributed by atoms with E-state index in [2.05, 4.69) is 15.8 Å². The molecule has 0 fully saturated rings. The summed E-state index contributed by atoms with van der Waals surface area (Å²) in [6, 6.07) is 14.2. The molecule has 0 unspecified atom stereocenters. The van der Waals surface area contributed by atoms with E-state index >= 15 is 0 Å². The van der Waals surface area contributed by atoms with Crippen LogP contribution in [0.25, 0.3) is 0 Å². The number of nitrogens with zero attached hydrogens (tertiary/aromatic N) is 2. The molecule has 0 radical (unpaired) electrons. The summed E-state index contributed by atoms with van der Waals surface area (Å²) >= 11 is 6.00. The first-order valence-electron chi connectivity index (χ1n) is 10.2. The number of nitrogens with one attached hydrogen (secondary N) is 2. The van der Waals surface area contributed by atoms with Gasteiger partial charge in [-0.2, -0.15) is 5.10 Å². The number of hydrogen-bond donors (Lipinski definition) is 2. The number of methoxy groups -OCH3 is 1. The van der Waals surface area contributed by atoms with Crippen LogP contribution in [0.5, 0.6) is 11.5 Å². The number of aryl methyl sites for hydroxylation is 1. The Morgan fingerprint density at radius 2 is 1.72 bits per heavy atom. The van der Waals surface area contributed by atoms with Gasteiger partial charge >= 0.3 is 17.8 Å². The number of carbonyl (C=O) groups excluding carboxylic acids is 3. The number of amides is 2. The fourth-order valence-corrected chi connectivity index (χ4v) is 2.98. The lowest BCUT2D eigenvalue weighted by atomic mass is 10.2. The molecule has 0 spiro atoms. The van der Waals surface area contributed by atoms with Gasteiger partial charge in [0.2, 0.25) is 0 Å². The Morgan fingerprint density at radius 1 is 1.00 bits per heavy atom. The van der Waals surface area contributed by atoms with Gasteiger partial charge in [0, 0.05) is 22.8 Å². The number of rotatable bonds is 7. The molecule has 36 heavy (non-hydrogen) atoms. The van der Waals surface area contributed by atoms with Crippen molar-refractivity contribution in [1.82, 2.24) is 5.43 Å². The van der Waals surface area contributed by atoms with E-state index in [0.29, 0.717) is 16.3 Å². The van der Waals surface area contributed by atoms with E-state index in [1.807, 2.05) is 0 Å². The zero-order chi connectivity index (χ0) is 26.2. The van der Waals surface area contributed by atoms with E-state index in [9.17, 15) is 24.5 Å². The number of hydrazone groups is 1. The number of nitro groups is 1. The zero-order valence-corrected chi connectivity index (χ0v) is 19.7. The van der Waals surface area contributed by atoms with Crippen LogP contribution < -0.4 is 20.2 Å². The van der Waals surface area contributed by atoms with Gasteiger partial charge in [-0.25, -0.2) is 10.2 Å². The summed E-state index contributed by atoms with van der Waals surface area (Å²) in [7, 11) is 1.36. The Hall–Kier alpha value is -4.77. The van der Waals surface area contributed by atoms with Gasteiger partial charge < -0.3 is 14.8 Å². The number of ether oxygens (including phenoxy) is 2. The first kappa shape index (κ1) is 25.8. The average molecular weight is 511 g/mol. The third kappa shape index (κ3) is 6.64. The number of non-ortho nitro benzene ring substituents is 1. The van der Waals surface area contributed by atoms with Crippen LogP contribution in [-0.2, 0) is 9.59 Å². The number of benzene rings is 3. The van der Waals surface area contributed by atoms with Gasteiger partial charge in [-0.15, -0.1) is 0 Å². The highest BCUT2D eigenvalue weighted by Gasteiger charge is 2.15. The standard InChI is InChI=1S/C24H19ClN4O7/c1-14-3-7-17(12-19(14)25)27-22(30)23(31)28-26-13-15-4-10-20(21(11-15)35-2)36-24(32)16-5-8-18(9-6-16)29(33)34/h3-13H,1-2H3,(H,27,30)(H,28,31)/b26-13+. The summed E-state index contributed by atoms with van der Waals surface area (Å²) < 4.78 is 10.5. The number of hydrogen-bond acceptors (Lipinski definition) is 8. The van der Waals surface area contributed by atoms with Gasteiger partial charge in [0.15, 0.2) is 11.5 Å². The lowest BCUT2D eigenvalue weighted by Crippen LogP contribution is -2.32. The van der Waals surface area contributed by atoms with Crippen LogP contribution in [0.15, 0.2) is 65.8 Å². The van der Waals surface area contributed by atoms with Gasteiger partial charge in [0.05, 0.1) is 23.8 Å². The van der Waals surface area contributed by atoms with Gasteiger partial charge in [0.25, 0.3) is 5.69 Å². The number of nitro benzene ring substituents is 1. The minimum absolute atomic E-state index is 0.0955. The van der Waals surface area contributed by atoms with Crippen LogP contribution in [0.2, 0.25) is 5.02 Å². The van der Waals surface area contributed by atoms with Crippen molar-refractivity contribution in [2.45, 2.75) is 6.92 Å².